The highest BCUT2D eigenvalue weighted by Gasteiger charge is 2.72. The molecule has 5 nitrogen and oxygen atoms in total. The van der Waals surface area contributed by atoms with Crippen LogP contribution in [0.2, 0.25) is 10.0 Å². The molecule has 10 heteroatoms. The van der Waals surface area contributed by atoms with E-state index >= 15 is 0 Å². The fraction of sp³-hybridized carbons (Fsp3) is 0.500. The van der Waals surface area contributed by atoms with Gasteiger partial charge < -0.3 is 5.32 Å². The van der Waals surface area contributed by atoms with Gasteiger partial charge in [-0.25, -0.2) is 0 Å². The molecular weight excluding hydrogens is 468 g/mol. The number of hydrogen-bond donors (Lipinski definition) is 1. The van der Waals surface area contributed by atoms with Gasteiger partial charge in [-0.1, -0.05) is 57.8 Å². The number of carbonyl (C=O) groups excluding carboxylic acids is 3. The van der Waals surface area contributed by atoms with E-state index in [4.69, 9.17) is 23.2 Å². The first-order valence-electron chi connectivity index (χ1n) is 9.88. The first-order chi connectivity index (χ1) is 14.4. The monoisotopic (exact) mass is 490 g/mol. The number of hydrogen-bond acceptors (Lipinski definition) is 3. The largest absolute Gasteiger partial charge is 0.425 e. The standard InChI is InChI=1S/C22H23Cl2F3N2O3/c1-19(2,3)17(31)28-21(22(25,26)27)16-14(9-20(4,5)10-15(16)30)29(18(21)32)11-6-7-12(23)13(24)8-11/h6-8H,9-10H2,1-5H3,(H,28,31)/t21-/m1/s1. The van der Waals surface area contributed by atoms with E-state index in [1.807, 2.05) is 5.32 Å². The second kappa shape index (κ2) is 7.48. The predicted molar refractivity (Wildman–Crippen MR) is 115 cm³/mol. The van der Waals surface area contributed by atoms with Crippen molar-refractivity contribution in [3.63, 3.8) is 0 Å². The van der Waals surface area contributed by atoms with Crippen LogP contribution < -0.4 is 10.2 Å². The minimum absolute atomic E-state index is 0.0171. The number of amides is 2. The highest BCUT2D eigenvalue weighted by Crippen LogP contribution is 2.53. The number of carbonyl (C=O) groups is 3. The summed E-state index contributed by atoms with van der Waals surface area (Å²) < 4.78 is 44.1. The van der Waals surface area contributed by atoms with Crippen molar-refractivity contribution in [2.45, 2.75) is 59.2 Å². The average molecular weight is 491 g/mol. The molecule has 1 aromatic carbocycles. The Balaban J connectivity index is 2.33. The van der Waals surface area contributed by atoms with E-state index in [-0.39, 0.29) is 34.3 Å². The molecule has 0 radical (unpaired) electrons. The molecule has 0 fully saturated rings. The summed E-state index contributed by atoms with van der Waals surface area (Å²) >= 11 is 12.0. The van der Waals surface area contributed by atoms with E-state index in [0.717, 1.165) is 4.90 Å². The van der Waals surface area contributed by atoms with E-state index < -0.39 is 45.7 Å². The molecule has 3 rings (SSSR count). The van der Waals surface area contributed by atoms with E-state index in [1.165, 1.54) is 39.0 Å². The van der Waals surface area contributed by atoms with Crippen LogP contribution in [0.5, 0.6) is 0 Å². The summed E-state index contributed by atoms with van der Waals surface area (Å²) in [5.41, 5.74) is -6.24. The van der Waals surface area contributed by atoms with Gasteiger partial charge >= 0.3 is 6.18 Å². The first kappa shape index (κ1) is 24.6. The number of rotatable bonds is 2. The highest BCUT2D eigenvalue weighted by atomic mass is 35.5. The summed E-state index contributed by atoms with van der Waals surface area (Å²) in [4.78, 5) is 40.2. The third-order valence-electron chi connectivity index (χ3n) is 5.59. The van der Waals surface area contributed by atoms with Gasteiger partial charge in [0, 0.05) is 17.5 Å². The van der Waals surface area contributed by atoms with Gasteiger partial charge in [-0.2, -0.15) is 13.2 Å². The summed E-state index contributed by atoms with van der Waals surface area (Å²) in [6.07, 6.45) is -5.45. The fourth-order valence-electron chi connectivity index (χ4n) is 4.01. The molecule has 1 aliphatic carbocycles. The van der Waals surface area contributed by atoms with E-state index in [0.29, 0.717) is 0 Å². The summed E-state index contributed by atoms with van der Waals surface area (Å²) in [5.74, 6) is -3.32. The van der Waals surface area contributed by atoms with Crippen LogP contribution in [0.4, 0.5) is 18.9 Å². The molecule has 1 heterocycles. The van der Waals surface area contributed by atoms with Crippen molar-refractivity contribution >= 4 is 46.5 Å². The normalized spacial score (nSPS) is 23.5. The number of halogens is 5. The van der Waals surface area contributed by atoms with E-state index in [9.17, 15) is 27.6 Å². The van der Waals surface area contributed by atoms with Crippen LogP contribution in [0, 0.1) is 10.8 Å². The smallest absolute Gasteiger partial charge is 0.330 e. The second-order valence-electron chi connectivity index (χ2n) is 9.95. The Labute approximate surface area is 193 Å². The van der Waals surface area contributed by atoms with Crippen molar-refractivity contribution in [3.05, 3.63) is 39.5 Å². The first-order valence-corrected chi connectivity index (χ1v) is 10.6. The van der Waals surface area contributed by atoms with Gasteiger partial charge in [0.15, 0.2) is 5.78 Å². The maximum absolute atomic E-state index is 14.7. The SMILES string of the molecule is CC1(C)CC(=O)C2=C(C1)N(c1ccc(Cl)c(Cl)c1)C(=O)[C@@]2(NC(=O)C(C)(C)C)C(F)(F)F. The fourth-order valence-corrected chi connectivity index (χ4v) is 4.30. The maximum atomic E-state index is 14.7. The summed E-state index contributed by atoms with van der Waals surface area (Å²) in [7, 11) is 0. The molecule has 1 aromatic rings. The zero-order valence-electron chi connectivity index (χ0n) is 18.2. The van der Waals surface area contributed by atoms with Crippen molar-refractivity contribution in [3.8, 4) is 0 Å². The zero-order valence-corrected chi connectivity index (χ0v) is 19.7. The molecule has 0 aromatic heterocycles. The number of benzene rings is 1. The van der Waals surface area contributed by atoms with Crippen LogP contribution in [0.1, 0.15) is 47.5 Å². The Hall–Kier alpha value is -2.06. The van der Waals surface area contributed by atoms with Crippen LogP contribution in [0.25, 0.3) is 0 Å². The Kier molecular flexibility index (Phi) is 5.75. The number of ketones is 1. The number of allylic oxidation sites excluding steroid dienone is 1. The van der Waals surface area contributed by atoms with Gasteiger partial charge in [-0.05, 0) is 30.0 Å². The molecule has 0 saturated heterocycles. The Morgan fingerprint density at radius 3 is 2.16 bits per heavy atom. The molecule has 1 N–H and O–H groups in total. The lowest BCUT2D eigenvalue weighted by molar-refractivity contribution is -0.191. The third-order valence-corrected chi connectivity index (χ3v) is 6.33. The molecule has 174 valence electrons. The number of anilines is 1. The maximum Gasteiger partial charge on any atom is 0.425 e. The Morgan fingerprint density at radius 2 is 1.66 bits per heavy atom. The van der Waals surface area contributed by atoms with Gasteiger partial charge in [0.2, 0.25) is 11.4 Å². The van der Waals surface area contributed by atoms with Crippen LogP contribution in [0.15, 0.2) is 29.5 Å². The second-order valence-corrected chi connectivity index (χ2v) is 10.8. The van der Waals surface area contributed by atoms with Gasteiger partial charge in [-0.3, -0.25) is 19.3 Å². The van der Waals surface area contributed by atoms with Crippen LogP contribution in [-0.4, -0.2) is 29.3 Å². The number of Topliss-reactive ketones (excluding diaryl/α,β-unsaturated/α-hetero) is 1. The minimum Gasteiger partial charge on any atom is -0.330 e. The minimum atomic E-state index is -5.27. The van der Waals surface area contributed by atoms with E-state index in [1.54, 1.807) is 13.8 Å². The number of nitrogens with one attached hydrogen (secondary N) is 1. The van der Waals surface area contributed by atoms with Gasteiger partial charge in [-0.15, -0.1) is 0 Å². The van der Waals surface area contributed by atoms with Crippen molar-refractivity contribution < 1.29 is 27.6 Å². The van der Waals surface area contributed by atoms with E-state index in [2.05, 4.69) is 0 Å². The summed E-state index contributed by atoms with van der Waals surface area (Å²) in [6, 6.07) is 3.96. The molecule has 0 saturated carbocycles. The third kappa shape index (κ3) is 3.81. The molecule has 2 aliphatic rings. The van der Waals surface area contributed by atoms with Crippen molar-refractivity contribution in [2.24, 2.45) is 10.8 Å². The Bertz CT molecular complexity index is 1060. The lowest BCUT2D eigenvalue weighted by Gasteiger charge is -2.37. The molecular formula is C22H23Cl2F3N2O3. The molecule has 32 heavy (non-hydrogen) atoms. The van der Waals surface area contributed by atoms with Crippen molar-refractivity contribution in [2.75, 3.05) is 4.90 Å². The van der Waals surface area contributed by atoms with Crippen molar-refractivity contribution in [1.82, 2.24) is 5.32 Å². The molecule has 1 atom stereocenters. The molecule has 0 unspecified atom stereocenters. The van der Waals surface area contributed by atoms with Crippen LogP contribution in [-0.2, 0) is 14.4 Å². The van der Waals surface area contributed by atoms with Gasteiger partial charge in [0.1, 0.15) is 0 Å². The molecule has 2 amide bonds. The highest BCUT2D eigenvalue weighted by molar-refractivity contribution is 6.42. The predicted octanol–water partition coefficient (Wildman–Crippen LogP) is 5.45. The molecule has 1 aliphatic heterocycles. The lowest BCUT2D eigenvalue weighted by atomic mass is 9.72. The summed E-state index contributed by atoms with van der Waals surface area (Å²) in [6.45, 7) is 7.72. The average Bonchev–Trinajstić information content (AvgIpc) is 2.84. The Morgan fingerprint density at radius 1 is 1.06 bits per heavy atom. The van der Waals surface area contributed by atoms with Gasteiger partial charge in [0.25, 0.3) is 5.91 Å². The van der Waals surface area contributed by atoms with Crippen molar-refractivity contribution in [1.29, 1.82) is 0 Å². The number of alkyl halides is 3. The zero-order chi connectivity index (χ0) is 24.4. The van der Waals surface area contributed by atoms with Crippen LogP contribution in [0.3, 0.4) is 0 Å². The van der Waals surface area contributed by atoms with Crippen LogP contribution >= 0.6 is 23.2 Å². The lowest BCUT2D eigenvalue weighted by Crippen LogP contribution is -2.67. The van der Waals surface area contributed by atoms with Gasteiger partial charge in [0.05, 0.1) is 21.3 Å². The summed E-state index contributed by atoms with van der Waals surface area (Å²) in [5, 5.41) is 2.10. The quantitative estimate of drug-likeness (QED) is 0.599. The number of nitrogens with zero attached hydrogens (tertiary/aromatic N) is 1. The molecule has 0 spiro atoms. The topological polar surface area (TPSA) is 66.5 Å². The molecule has 0 bridgehead atoms.